The second kappa shape index (κ2) is 8.59. The molecule has 0 fully saturated rings. The minimum Gasteiger partial charge on any atom is -0.415 e. The van der Waals surface area contributed by atoms with Crippen LogP contribution in [0.1, 0.15) is 26.3 Å². The van der Waals surface area contributed by atoms with Crippen LogP contribution in [0.25, 0.3) is 22.0 Å². The summed E-state index contributed by atoms with van der Waals surface area (Å²) >= 11 is 0. The molecule has 31 heavy (non-hydrogen) atoms. The number of nitrogens with zero attached hydrogens (tertiary/aromatic N) is 2. The number of anilines is 1. The van der Waals surface area contributed by atoms with Crippen molar-refractivity contribution in [3.8, 4) is 11.1 Å². The van der Waals surface area contributed by atoms with Crippen molar-refractivity contribution in [2.75, 3.05) is 18.5 Å². The summed E-state index contributed by atoms with van der Waals surface area (Å²) in [5, 5.41) is 4.27. The molecule has 0 spiro atoms. The lowest BCUT2D eigenvalue weighted by atomic mass is 10.0. The SMILES string of the molecule is CC(C)(C)[Si](C)(C)OCCNc1ncc(-c2ccc(C(F)(F)F)cc2)c2ncccc12. The highest BCUT2D eigenvalue weighted by Crippen LogP contribution is 2.37. The smallest absolute Gasteiger partial charge is 0.415 e. The number of rotatable bonds is 6. The van der Waals surface area contributed by atoms with E-state index in [4.69, 9.17) is 4.43 Å². The Balaban J connectivity index is 1.80. The van der Waals surface area contributed by atoms with E-state index in [1.807, 2.05) is 12.1 Å². The second-order valence-corrected chi connectivity index (χ2v) is 13.8. The third-order valence-electron chi connectivity index (χ3n) is 5.83. The summed E-state index contributed by atoms with van der Waals surface area (Å²) in [5.41, 5.74) is 1.33. The van der Waals surface area contributed by atoms with Crippen LogP contribution in [0.4, 0.5) is 19.0 Å². The zero-order valence-corrected chi connectivity index (χ0v) is 19.5. The summed E-state index contributed by atoms with van der Waals surface area (Å²) in [6.45, 7) is 12.2. The van der Waals surface area contributed by atoms with Crippen molar-refractivity contribution in [1.82, 2.24) is 9.97 Å². The molecule has 0 aliphatic rings. The highest BCUT2D eigenvalue weighted by atomic mass is 28.4. The normalized spacial score (nSPS) is 12.9. The Labute approximate surface area is 182 Å². The van der Waals surface area contributed by atoms with Crippen LogP contribution in [0, 0.1) is 0 Å². The standard InChI is InChI=1S/C23H28F3N3OSi/c1-22(2,3)31(4,5)30-14-13-28-21-18-7-6-12-27-20(18)19(15-29-21)16-8-10-17(11-9-16)23(24,25)26/h6-12,15H,13-14H2,1-5H3,(H,28,29). The van der Waals surface area contributed by atoms with Crippen molar-refractivity contribution in [3.05, 3.63) is 54.4 Å². The number of alkyl halides is 3. The van der Waals surface area contributed by atoms with Gasteiger partial charge in [-0.15, -0.1) is 0 Å². The van der Waals surface area contributed by atoms with Gasteiger partial charge in [-0.3, -0.25) is 4.98 Å². The lowest BCUT2D eigenvalue weighted by Crippen LogP contribution is -2.41. The zero-order chi connectivity index (χ0) is 22.9. The van der Waals surface area contributed by atoms with Gasteiger partial charge in [0, 0.05) is 29.9 Å². The average Bonchev–Trinajstić information content (AvgIpc) is 2.70. The topological polar surface area (TPSA) is 47.0 Å². The van der Waals surface area contributed by atoms with E-state index < -0.39 is 20.1 Å². The molecule has 0 amide bonds. The molecule has 4 nitrogen and oxygen atoms in total. The maximum Gasteiger partial charge on any atom is 0.416 e. The van der Waals surface area contributed by atoms with Gasteiger partial charge >= 0.3 is 6.18 Å². The van der Waals surface area contributed by atoms with Gasteiger partial charge in [0.15, 0.2) is 8.32 Å². The van der Waals surface area contributed by atoms with Gasteiger partial charge in [0.25, 0.3) is 0 Å². The Morgan fingerprint density at radius 2 is 1.68 bits per heavy atom. The number of nitrogens with one attached hydrogen (secondary N) is 1. The first-order valence-corrected chi connectivity index (χ1v) is 13.1. The predicted octanol–water partition coefficient (Wildman–Crippen LogP) is 6.75. The third-order valence-corrected chi connectivity index (χ3v) is 10.4. The third kappa shape index (κ3) is 5.24. The summed E-state index contributed by atoms with van der Waals surface area (Å²) < 4.78 is 44.8. The average molecular weight is 448 g/mol. The zero-order valence-electron chi connectivity index (χ0n) is 18.5. The first kappa shape index (κ1) is 23.2. The Hall–Kier alpha value is -2.45. The minimum absolute atomic E-state index is 0.144. The number of fused-ring (bicyclic) bond motifs is 1. The maximum absolute atomic E-state index is 12.9. The van der Waals surface area contributed by atoms with Gasteiger partial charge in [-0.1, -0.05) is 32.9 Å². The van der Waals surface area contributed by atoms with Crippen LogP contribution < -0.4 is 5.32 Å². The van der Waals surface area contributed by atoms with Crippen molar-refractivity contribution in [2.24, 2.45) is 0 Å². The van der Waals surface area contributed by atoms with Crippen molar-refractivity contribution in [1.29, 1.82) is 0 Å². The van der Waals surface area contributed by atoms with E-state index in [2.05, 4.69) is 49.1 Å². The predicted molar refractivity (Wildman–Crippen MR) is 122 cm³/mol. The van der Waals surface area contributed by atoms with Gasteiger partial charge in [0.05, 0.1) is 17.7 Å². The number of hydrogen-bond acceptors (Lipinski definition) is 4. The molecule has 3 aromatic rings. The molecule has 2 aromatic heterocycles. The second-order valence-electron chi connectivity index (χ2n) is 9.03. The van der Waals surface area contributed by atoms with Crippen molar-refractivity contribution in [3.63, 3.8) is 0 Å². The van der Waals surface area contributed by atoms with Gasteiger partial charge in [0.1, 0.15) is 5.82 Å². The first-order chi connectivity index (χ1) is 14.4. The van der Waals surface area contributed by atoms with Crippen LogP contribution in [-0.4, -0.2) is 31.4 Å². The van der Waals surface area contributed by atoms with E-state index in [1.54, 1.807) is 12.4 Å². The fraction of sp³-hybridized carbons (Fsp3) is 0.391. The van der Waals surface area contributed by atoms with E-state index in [9.17, 15) is 13.2 Å². The fourth-order valence-corrected chi connectivity index (χ4v) is 4.00. The monoisotopic (exact) mass is 447 g/mol. The molecular formula is C23H28F3N3OSi. The molecule has 0 radical (unpaired) electrons. The van der Waals surface area contributed by atoms with Crippen LogP contribution in [0.5, 0.6) is 0 Å². The number of halogens is 3. The highest BCUT2D eigenvalue weighted by molar-refractivity contribution is 6.74. The van der Waals surface area contributed by atoms with Crippen LogP contribution >= 0.6 is 0 Å². The lowest BCUT2D eigenvalue weighted by molar-refractivity contribution is -0.137. The van der Waals surface area contributed by atoms with Crippen molar-refractivity contribution >= 4 is 25.0 Å². The molecule has 1 N–H and O–H groups in total. The number of hydrogen-bond donors (Lipinski definition) is 1. The number of benzene rings is 1. The van der Waals surface area contributed by atoms with E-state index >= 15 is 0 Å². The molecule has 8 heteroatoms. The van der Waals surface area contributed by atoms with E-state index in [0.717, 1.165) is 17.5 Å². The molecule has 0 saturated heterocycles. The number of pyridine rings is 2. The Morgan fingerprint density at radius 3 is 2.29 bits per heavy atom. The summed E-state index contributed by atoms with van der Waals surface area (Å²) in [4.78, 5) is 8.98. The van der Waals surface area contributed by atoms with Gasteiger partial charge in [-0.2, -0.15) is 13.2 Å². The molecular weight excluding hydrogens is 419 g/mol. The molecule has 0 atom stereocenters. The van der Waals surface area contributed by atoms with E-state index in [1.165, 1.54) is 12.1 Å². The summed E-state index contributed by atoms with van der Waals surface area (Å²) in [6, 6.07) is 8.78. The fourth-order valence-electron chi connectivity index (χ4n) is 2.95. The minimum atomic E-state index is -4.36. The van der Waals surface area contributed by atoms with Gasteiger partial charge < -0.3 is 9.74 Å². The van der Waals surface area contributed by atoms with Crippen LogP contribution in [0.3, 0.4) is 0 Å². The highest BCUT2D eigenvalue weighted by Gasteiger charge is 2.36. The lowest BCUT2D eigenvalue weighted by Gasteiger charge is -2.36. The van der Waals surface area contributed by atoms with Gasteiger partial charge in [-0.25, -0.2) is 4.98 Å². The Morgan fingerprint density at radius 1 is 1.00 bits per heavy atom. The quantitative estimate of drug-likeness (QED) is 0.335. The molecule has 1 aromatic carbocycles. The van der Waals surface area contributed by atoms with Crippen LogP contribution in [0.15, 0.2) is 48.8 Å². The molecule has 0 saturated carbocycles. The number of aromatic nitrogens is 2. The maximum atomic E-state index is 12.9. The van der Waals surface area contributed by atoms with Crippen molar-refractivity contribution < 1.29 is 17.6 Å². The van der Waals surface area contributed by atoms with E-state index in [-0.39, 0.29) is 5.04 Å². The van der Waals surface area contributed by atoms with Crippen molar-refractivity contribution in [2.45, 2.75) is 45.1 Å². The molecule has 0 bridgehead atoms. The summed E-state index contributed by atoms with van der Waals surface area (Å²) in [7, 11) is -1.82. The Bertz CT molecular complexity index is 1040. The Kier molecular flexibility index (Phi) is 6.43. The molecule has 0 aliphatic heterocycles. The molecule has 2 heterocycles. The largest absolute Gasteiger partial charge is 0.416 e. The van der Waals surface area contributed by atoms with Gasteiger partial charge in [-0.05, 0) is 48.0 Å². The molecule has 3 rings (SSSR count). The first-order valence-electron chi connectivity index (χ1n) is 10.2. The molecule has 0 aliphatic carbocycles. The van der Waals surface area contributed by atoms with Crippen LogP contribution in [0.2, 0.25) is 18.1 Å². The summed E-state index contributed by atoms with van der Waals surface area (Å²) in [5.74, 6) is 0.678. The molecule has 0 unspecified atom stereocenters. The molecule has 166 valence electrons. The van der Waals surface area contributed by atoms with Crippen LogP contribution in [-0.2, 0) is 10.6 Å². The van der Waals surface area contributed by atoms with Gasteiger partial charge in [0.2, 0.25) is 0 Å². The summed E-state index contributed by atoms with van der Waals surface area (Å²) in [6.07, 6.45) is -1.05. The van der Waals surface area contributed by atoms with E-state index in [0.29, 0.717) is 35.6 Å².